The van der Waals surface area contributed by atoms with Gasteiger partial charge in [0.05, 0.1) is 0 Å². The van der Waals surface area contributed by atoms with Crippen LogP contribution in [0.5, 0.6) is 0 Å². The average molecular weight is 462 g/mol. The van der Waals surface area contributed by atoms with Gasteiger partial charge in [0.2, 0.25) is 0 Å². The van der Waals surface area contributed by atoms with E-state index in [1.54, 1.807) is 0 Å². The van der Waals surface area contributed by atoms with Crippen molar-refractivity contribution in [2.75, 3.05) is 0 Å². The van der Waals surface area contributed by atoms with Crippen LogP contribution >= 0.6 is 0 Å². The first-order valence-electron chi connectivity index (χ1n) is 0. The molecule has 6 heavy (non-hydrogen) atoms. The topological polar surface area (TPSA) is 0 Å². The van der Waals surface area contributed by atoms with Gasteiger partial charge < -0.3 is 0 Å². The zero-order valence-electron chi connectivity index (χ0n) is 2.43. The molecule has 0 atom stereocenters. The quantitative estimate of drug-likeness (QED) is 0.409. The summed E-state index contributed by atoms with van der Waals surface area (Å²) in [6, 6.07) is 0. The number of rotatable bonds is 0. The molecule has 0 aromatic carbocycles. The van der Waals surface area contributed by atoms with Crippen molar-refractivity contribution in [2.24, 2.45) is 0 Å². The Bertz CT molecular complexity index is 13.5. The van der Waals surface area contributed by atoms with Gasteiger partial charge in [-0.3, -0.25) is 0 Å². The smallest absolute Gasteiger partial charge is 0 e. The fourth-order valence-corrected chi connectivity index (χ4v) is 0. The summed E-state index contributed by atoms with van der Waals surface area (Å²) in [5, 5.41) is 0. The van der Waals surface area contributed by atoms with Crippen LogP contribution in [0.25, 0.3) is 0 Å². The zero-order valence-corrected chi connectivity index (χ0v) is 12.4. The van der Waals surface area contributed by atoms with E-state index in [0.29, 0.717) is 0 Å². The molecule has 0 amide bonds. The van der Waals surface area contributed by atoms with Crippen molar-refractivity contribution < 1.29 is 94.7 Å². The Labute approximate surface area is 116 Å². The summed E-state index contributed by atoms with van der Waals surface area (Å²) in [5.74, 6) is 0. The van der Waals surface area contributed by atoms with E-state index in [1.165, 1.54) is 0 Å². The molecule has 0 nitrogen and oxygen atoms in total. The Morgan fingerprint density at radius 1 is 0.833 bits per heavy atom. The van der Waals surface area contributed by atoms with Crippen LogP contribution < -0.4 is 0 Å². The summed E-state index contributed by atoms with van der Waals surface area (Å²) < 4.78 is 0. The van der Waals surface area contributed by atoms with Crippen LogP contribution in [-0.4, -0.2) is 23.9 Å². The standard InChI is InChI=1S/Ag.2Cu.Ni.Sn.Ti.2H. The van der Waals surface area contributed by atoms with E-state index < -0.39 is 0 Å². The second-order valence-electron chi connectivity index (χ2n) is 0. The maximum Gasteiger partial charge on any atom is 0 e. The van der Waals surface area contributed by atoms with Gasteiger partial charge in [0.25, 0.3) is 0 Å². The summed E-state index contributed by atoms with van der Waals surface area (Å²) in [7, 11) is 0. The van der Waals surface area contributed by atoms with Gasteiger partial charge in [0.15, 0.2) is 0 Å². The number of hydrogen-bond donors (Lipinski definition) is 0. The summed E-state index contributed by atoms with van der Waals surface area (Å²) in [6.45, 7) is 0. The van der Waals surface area contributed by atoms with Crippen molar-refractivity contribution in [1.82, 2.24) is 0 Å². The molecular weight excluding hydrogens is 460 g/mol. The fourth-order valence-electron chi connectivity index (χ4n) is 0. The molecule has 0 rings (SSSR count). The molecule has 0 saturated carbocycles. The van der Waals surface area contributed by atoms with E-state index in [1.807, 2.05) is 0 Å². The van der Waals surface area contributed by atoms with E-state index >= 15 is 0 Å². The number of hydrogen-bond acceptors (Lipinski definition) is 0. The molecule has 0 unspecified atom stereocenters. The largest absolute Gasteiger partial charge is 0 e. The molecule has 0 N–H and O–H groups in total. The fraction of sp³-hybridized carbons (Fsp3) is 0. The Morgan fingerprint density at radius 2 is 0.833 bits per heavy atom. The Hall–Kier alpha value is 3.79. The average Bonchev–Trinajstić information content (AvgIpc) is 0. The molecule has 53 valence electrons. The second kappa shape index (κ2) is 37.2. The van der Waals surface area contributed by atoms with E-state index in [9.17, 15) is 0 Å². The Morgan fingerprint density at radius 3 is 0.833 bits per heavy atom. The van der Waals surface area contributed by atoms with Crippen LogP contribution in [0.4, 0.5) is 0 Å². The molecule has 0 aromatic heterocycles. The minimum absolute atomic E-state index is 0. The third-order valence-corrected chi connectivity index (χ3v) is 0. The van der Waals surface area contributed by atoms with Crippen LogP contribution in [0.2, 0.25) is 0 Å². The van der Waals surface area contributed by atoms with Gasteiger partial charge in [0.1, 0.15) is 0 Å². The Balaban J connectivity index is 0. The van der Waals surface area contributed by atoms with E-state index in [2.05, 4.69) is 0 Å². The third-order valence-electron chi connectivity index (χ3n) is 0. The molecular formula is H2AgCu2NiSnTi. The van der Waals surface area contributed by atoms with E-state index in [0.717, 1.165) is 0 Å². The van der Waals surface area contributed by atoms with Crippen molar-refractivity contribution in [3.8, 4) is 0 Å². The van der Waals surface area contributed by atoms with Crippen LogP contribution in [-0.2, 0) is 94.7 Å². The summed E-state index contributed by atoms with van der Waals surface area (Å²) in [6.07, 6.45) is 0. The van der Waals surface area contributed by atoms with Gasteiger partial charge >= 0.3 is 23.9 Å². The predicted molar refractivity (Wildman–Crippen MR) is 8.54 cm³/mol. The molecule has 0 aliphatic rings. The predicted octanol–water partition coefficient (Wildman–Crippen LogP) is -0.929. The normalized spacial score (nSPS) is 0. The third kappa shape index (κ3) is 25.0. The van der Waals surface area contributed by atoms with E-state index in [4.69, 9.17) is 0 Å². The molecule has 0 bridgehead atoms. The van der Waals surface area contributed by atoms with Gasteiger partial charge in [-0.2, -0.15) is 0 Å². The van der Waals surface area contributed by atoms with Crippen LogP contribution in [0.3, 0.4) is 0 Å². The molecule has 0 aliphatic heterocycles. The van der Waals surface area contributed by atoms with Gasteiger partial charge in [-0.25, -0.2) is 0 Å². The van der Waals surface area contributed by atoms with Crippen molar-refractivity contribution in [1.29, 1.82) is 0 Å². The first-order chi connectivity index (χ1) is 0. The van der Waals surface area contributed by atoms with Gasteiger partial charge in [-0.15, -0.1) is 0 Å². The molecule has 0 spiro atoms. The van der Waals surface area contributed by atoms with Gasteiger partial charge in [0, 0.05) is 94.7 Å². The summed E-state index contributed by atoms with van der Waals surface area (Å²) in [4.78, 5) is 0. The van der Waals surface area contributed by atoms with Crippen molar-refractivity contribution >= 4 is 23.9 Å². The molecule has 0 saturated heterocycles. The minimum atomic E-state index is 0. The zero-order chi connectivity index (χ0) is 0. The first-order valence-corrected chi connectivity index (χ1v) is 0. The summed E-state index contributed by atoms with van der Waals surface area (Å²) >= 11 is 0. The molecule has 6 heteroatoms. The van der Waals surface area contributed by atoms with Crippen LogP contribution in [0, 0.1) is 0 Å². The molecule has 0 aliphatic carbocycles. The monoisotopic (exact) mass is 461 g/mol. The SMILES string of the molecule is [Ag].[Cu].[Cu].[Ni].[SnH2].[Ti]. The maximum absolute atomic E-state index is 0. The van der Waals surface area contributed by atoms with Crippen LogP contribution in [0.15, 0.2) is 0 Å². The minimum Gasteiger partial charge on any atom is 0 e. The van der Waals surface area contributed by atoms with Crippen molar-refractivity contribution in [2.45, 2.75) is 0 Å². The summed E-state index contributed by atoms with van der Waals surface area (Å²) in [5.41, 5.74) is 0. The Kier molecular flexibility index (Phi) is 326. The van der Waals surface area contributed by atoms with Crippen LogP contribution in [0.1, 0.15) is 0 Å². The van der Waals surface area contributed by atoms with Gasteiger partial charge in [-0.05, 0) is 0 Å². The van der Waals surface area contributed by atoms with Crippen molar-refractivity contribution in [3.63, 3.8) is 0 Å². The van der Waals surface area contributed by atoms with Gasteiger partial charge in [-0.1, -0.05) is 0 Å². The molecule has 5 radical (unpaired) electrons. The second-order valence-corrected chi connectivity index (χ2v) is 0. The maximum atomic E-state index is 0. The molecule has 0 heterocycles. The molecule has 0 aromatic rings. The molecule has 0 fully saturated rings. The van der Waals surface area contributed by atoms with E-state index in [-0.39, 0.29) is 119 Å². The first kappa shape index (κ1) is 52.7. The van der Waals surface area contributed by atoms with Crippen molar-refractivity contribution in [3.05, 3.63) is 0 Å².